The normalized spacial score (nSPS) is 17.8. The average molecular weight is 225 g/mol. The summed E-state index contributed by atoms with van der Waals surface area (Å²) in [5.74, 6) is 1.62. The van der Waals surface area contributed by atoms with Crippen LogP contribution < -0.4 is 0 Å². The van der Waals surface area contributed by atoms with Crippen LogP contribution in [0, 0.1) is 0 Å². The highest BCUT2D eigenvalue weighted by Gasteiger charge is 2.09. The molecule has 2 heterocycles. The fraction of sp³-hybridized carbons (Fsp3) is 0.667. The summed E-state index contributed by atoms with van der Waals surface area (Å²) >= 11 is 0. The zero-order chi connectivity index (χ0) is 11.2. The maximum atomic E-state index is 8.86. The van der Waals surface area contributed by atoms with Gasteiger partial charge < -0.3 is 14.3 Å². The minimum atomic E-state index is -0.0105. The molecule has 0 radical (unpaired) electrons. The highest BCUT2D eigenvalue weighted by molar-refractivity contribution is 5.06. The summed E-state index contributed by atoms with van der Waals surface area (Å²) in [7, 11) is 0. The van der Waals surface area contributed by atoms with Crippen LogP contribution in [0.1, 0.15) is 17.9 Å². The lowest BCUT2D eigenvalue weighted by Crippen LogP contribution is -2.36. The van der Waals surface area contributed by atoms with Gasteiger partial charge in [0.05, 0.1) is 13.2 Å². The molecule has 1 saturated heterocycles. The minimum Gasteiger partial charge on any atom is -0.464 e. The molecule has 0 aliphatic carbocycles. The zero-order valence-electron chi connectivity index (χ0n) is 9.52. The first-order valence-corrected chi connectivity index (χ1v) is 5.87. The Morgan fingerprint density at radius 2 is 1.94 bits per heavy atom. The molecule has 0 spiro atoms. The number of rotatable bonds is 5. The Morgan fingerprint density at radius 3 is 2.62 bits per heavy atom. The summed E-state index contributed by atoms with van der Waals surface area (Å²) < 4.78 is 10.7. The molecule has 0 amide bonds. The summed E-state index contributed by atoms with van der Waals surface area (Å²) in [5.41, 5.74) is 0. The molecule has 1 aliphatic rings. The standard InChI is InChI=1S/C12H19NO3/c14-10-12-4-3-11(16-12)2-1-5-13-6-8-15-9-7-13/h3-4,14H,1-2,5-10H2. The molecular formula is C12H19NO3. The second kappa shape index (κ2) is 6.03. The Morgan fingerprint density at radius 1 is 1.19 bits per heavy atom. The van der Waals surface area contributed by atoms with Crippen LogP contribution in [0.2, 0.25) is 0 Å². The van der Waals surface area contributed by atoms with Crippen molar-refractivity contribution in [2.45, 2.75) is 19.4 Å². The van der Waals surface area contributed by atoms with E-state index in [0.29, 0.717) is 5.76 Å². The largest absolute Gasteiger partial charge is 0.464 e. The highest BCUT2D eigenvalue weighted by Crippen LogP contribution is 2.10. The fourth-order valence-electron chi connectivity index (χ4n) is 1.94. The lowest BCUT2D eigenvalue weighted by Gasteiger charge is -2.26. The third kappa shape index (κ3) is 3.33. The predicted molar refractivity (Wildman–Crippen MR) is 60.2 cm³/mol. The molecule has 0 aromatic carbocycles. The third-order valence-electron chi connectivity index (χ3n) is 2.87. The molecule has 4 nitrogen and oxygen atoms in total. The molecule has 0 saturated carbocycles. The summed E-state index contributed by atoms with van der Waals surface area (Å²) in [6, 6.07) is 3.79. The topological polar surface area (TPSA) is 45.8 Å². The van der Waals surface area contributed by atoms with Gasteiger partial charge in [-0.15, -0.1) is 0 Å². The summed E-state index contributed by atoms with van der Waals surface area (Å²) in [6.07, 6.45) is 2.04. The monoisotopic (exact) mass is 225 g/mol. The number of aliphatic hydroxyl groups excluding tert-OH is 1. The van der Waals surface area contributed by atoms with Gasteiger partial charge in [-0.3, -0.25) is 4.90 Å². The molecule has 0 bridgehead atoms. The van der Waals surface area contributed by atoms with Gasteiger partial charge in [-0.25, -0.2) is 0 Å². The van der Waals surface area contributed by atoms with Crippen molar-refractivity contribution in [3.05, 3.63) is 23.7 Å². The van der Waals surface area contributed by atoms with E-state index < -0.39 is 0 Å². The molecule has 0 unspecified atom stereocenters. The molecule has 90 valence electrons. The van der Waals surface area contributed by atoms with Crippen LogP contribution >= 0.6 is 0 Å². The molecule has 0 atom stereocenters. The van der Waals surface area contributed by atoms with Crippen LogP contribution in [0.15, 0.2) is 16.5 Å². The van der Waals surface area contributed by atoms with E-state index in [0.717, 1.165) is 51.4 Å². The maximum absolute atomic E-state index is 8.86. The fourth-order valence-corrected chi connectivity index (χ4v) is 1.94. The highest BCUT2D eigenvalue weighted by atomic mass is 16.5. The van der Waals surface area contributed by atoms with Gasteiger partial charge in [0, 0.05) is 19.5 Å². The van der Waals surface area contributed by atoms with Crippen molar-refractivity contribution in [2.75, 3.05) is 32.8 Å². The molecule has 16 heavy (non-hydrogen) atoms. The van der Waals surface area contributed by atoms with Crippen molar-refractivity contribution in [3.8, 4) is 0 Å². The van der Waals surface area contributed by atoms with Crippen LogP contribution in [-0.2, 0) is 17.8 Å². The Balaban J connectivity index is 1.66. The number of morpholine rings is 1. The van der Waals surface area contributed by atoms with Crippen molar-refractivity contribution in [1.29, 1.82) is 0 Å². The van der Waals surface area contributed by atoms with Gasteiger partial charge >= 0.3 is 0 Å². The summed E-state index contributed by atoms with van der Waals surface area (Å²) in [6.45, 7) is 4.88. The minimum absolute atomic E-state index is 0.0105. The predicted octanol–water partition coefficient (Wildman–Crippen LogP) is 1.04. The molecule has 4 heteroatoms. The van der Waals surface area contributed by atoms with Gasteiger partial charge in [0.1, 0.15) is 18.1 Å². The quantitative estimate of drug-likeness (QED) is 0.813. The first kappa shape index (κ1) is 11.6. The second-order valence-electron chi connectivity index (χ2n) is 4.08. The van der Waals surface area contributed by atoms with E-state index in [4.69, 9.17) is 14.3 Å². The van der Waals surface area contributed by atoms with Crippen LogP contribution in [0.25, 0.3) is 0 Å². The van der Waals surface area contributed by atoms with E-state index in [1.54, 1.807) is 0 Å². The summed E-state index contributed by atoms with van der Waals surface area (Å²) in [5, 5.41) is 8.86. The van der Waals surface area contributed by atoms with E-state index in [1.807, 2.05) is 12.1 Å². The van der Waals surface area contributed by atoms with Crippen molar-refractivity contribution in [2.24, 2.45) is 0 Å². The van der Waals surface area contributed by atoms with Crippen molar-refractivity contribution < 1.29 is 14.3 Å². The molecule has 1 aliphatic heterocycles. The molecule has 1 N–H and O–H groups in total. The molecule has 1 aromatic rings. The Bertz CT molecular complexity index is 305. The van der Waals surface area contributed by atoms with E-state index >= 15 is 0 Å². The first-order chi connectivity index (χ1) is 7.88. The Kier molecular flexibility index (Phi) is 4.39. The van der Waals surface area contributed by atoms with Gasteiger partial charge in [0.15, 0.2) is 0 Å². The number of hydrogen-bond acceptors (Lipinski definition) is 4. The molecular weight excluding hydrogens is 206 g/mol. The molecule has 1 fully saturated rings. The summed E-state index contributed by atoms with van der Waals surface area (Å²) in [4.78, 5) is 2.42. The second-order valence-corrected chi connectivity index (χ2v) is 4.08. The van der Waals surface area contributed by atoms with Gasteiger partial charge in [-0.1, -0.05) is 0 Å². The number of aliphatic hydroxyl groups is 1. The SMILES string of the molecule is OCc1ccc(CCCN2CCOCC2)o1. The van der Waals surface area contributed by atoms with E-state index in [1.165, 1.54) is 0 Å². The van der Waals surface area contributed by atoms with Gasteiger partial charge in [0.2, 0.25) is 0 Å². The zero-order valence-corrected chi connectivity index (χ0v) is 9.52. The van der Waals surface area contributed by atoms with Gasteiger partial charge in [-0.2, -0.15) is 0 Å². The van der Waals surface area contributed by atoms with Crippen molar-refractivity contribution in [1.82, 2.24) is 4.90 Å². The van der Waals surface area contributed by atoms with Gasteiger partial charge in [0.25, 0.3) is 0 Å². The lowest BCUT2D eigenvalue weighted by molar-refractivity contribution is 0.0373. The number of ether oxygens (including phenoxy) is 1. The average Bonchev–Trinajstić information content (AvgIpc) is 2.78. The Hall–Kier alpha value is -0.840. The van der Waals surface area contributed by atoms with Crippen LogP contribution in [0.3, 0.4) is 0 Å². The number of nitrogens with zero attached hydrogens (tertiary/aromatic N) is 1. The van der Waals surface area contributed by atoms with Crippen molar-refractivity contribution >= 4 is 0 Å². The van der Waals surface area contributed by atoms with Crippen molar-refractivity contribution in [3.63, 3.8) is 0 Å². The van der Waals surface area contributed by atoms with Crippen LogP contribution in [0.4, 0.5) is 0 Å². The Labute approximate surface area is 95.8 Å². The molecule has 2 rings (SSSR count). The maximum Gasteiger partial charge on any atom is 0.129 e. The van der Waals surface area contributed by atoms with Crippen LogP contribution in [-0.4, -0.2) is 42.9 Å². The number of hydrogen-bond donors (Lipinski definition) is 1. The third-order valence-corrected chi connectivity index (χ3v) is 2.87. The number of aryl methyl sites for hydroxylation is 1. The van der Waals surface area contributed by atoms with E-state index in [-0.39, 0.29) is 6.61 Å². The van der Waals surface area contributed by atoms with E-state index in [9.17, 15) is 0 Å². The smallest absolute Gasteiger partial charge is 0.129 e. The van der Waals surface area contributed by atoms with Crippen LogP contribution in [0.5, 0.6) is 0 Å². The van der Waals surface area contributed by atoms with Gasteiger partial charge in [-0.05, 0) is 25.1 Å². The first-order valence-electron chi connectivity index (χ1n) is 5.87. The molecule has 1 aromatic heterocycles. The lowest BCUT2D eigenvalue weighted by atomic mass is 10.2. The van der Waals surface area contributed by atoms with E-state index in [2.05, 4.69) is 4.90 Å². The number of furan rings is 1.